The van der Waals surface area contributed by atoms with Crippen LogP contribution in [0.3, 0.4) is 0 Å². The number of halogens is 1. The smallest absolute Gasteiger partial charge is 0.164 e. The lowest BCUT2D eigenvalue weighted by molar-refractivity contribution is 1.07. The van der Waals surface area contributed by atoms with Crippen LogP contribution in [-0.4, -0.2) is 15.0 Å². The summed E-state index contributed by atoms with van der Waals surface area (Å²) in [6, 6.07) is 38.8. The van der Waals surface area contributed by atoms with Crippen LogP contribution < -0.4 is 0 Å². The first-order valence-electron chi connectivity index (χ1n) is 13.6. The first-order chi connectivity index (χ1) is 20.6. The van der Waals surface area contributed by atoms with Crippen molar-refractivity contribution in [3.05, 3.63) is 144 Å². The van der Waals surface area contributed by atoms with Crippen molar-refractivity contribution in [2.24, 2.45) is 0 Å². The standard InChI is InChI=1S/C38H26ClN3/c1-3-4-6-12-26(2)27-19-21-30(22-20-27)37-40-36(29-14-7-5-8-15-29)41-38(42-37)32-23-31(24-33(39)25-32)35-18-11-16-28-13-9-10-17-34(28)35/h1,4-25H,2H3/b6-4-,26-12+. The molecule has 0 unspecified atom stereocenters. The molecular formula is C38H26ClN3. The normalized spacial score (nSPS) is 11.6. The number of aromatic nitrogens is 3. The van der Waals surface area contributed by atoms with Gasteiger partial charge in [-0.05, 0) is 64.2 Å². The molecule has 6 aromatic rings. The highest BCUT2D eigenvalue weighted by atomic mass is 35.5. The predicted molar refractivity (Wildman–Crippen MR) is 176 cm³/mol. The van der Waals surface area contributed by atoms with Crippen LogP contribution in [0.4, 0.5) is 0 Å². The van der Waals surface area contributed by atoms with Crippen molar-refractivity contribution in [2.45, 2.75) is 6.92 Å². The molecule has 0 atom stereocenters. The number of terminal acetylenes is 1. The van der Waals surface area contributed by atoms with Crippen LogP contribution in [0.25, 0.3) is 61.6 Å². The molecule has 1 aromatic heterocycles. The summed E-state index contributed by atoms with van der Waals surface area (Å²) in [4.78, 5) is 14.7. The minimum atomic E-state index is 0.558. The van der Waals surface area contributed by atoms with Gasteiger partial charge < -0.3 is 0 Å². The molecule has 0 N–H and O–H groups in total. The van der Waals surface area contributed by atoms with Gasteiger partial charge in [-0.1, -0.05) is 127 Å². The number of fused-ring (bicyclic) bond motifs is 1. The van der Waals surface area contributed by atoms with E-state index in [1.54, 1.807) is 6.08 Å². The Morgan fingerprint density at radius 1 is 0.667 bits per heavy atom. The molecule has 0 fully saturated rings. The monoisotopic (exact) mass is 559 g/mol. The summed E-state index contributed by atoms with van der Waals surface area (Å²) in [6.45, 7) is 2.05. The summed E-state index contributed by atoms with van der Waals surface area (Å²) in [5.74, 6) is 4.26. The molecule has 42 heavy (non-hydrogen) atoms. The van der Waals surface area contributed by atoms with Crippen LogP contribution in [0.1, 0.15) is 12.5 Å². The predicted octanol–water partition coefficient (Wildman–Crippen LogP) is 9.94. The molecule has 200 valence electrons. The Hall–Kier alpha value is -5.30. The van der Waals surface area contributed by atoms with Crippen molar-refractivity contribution in [1.29, 1.82) is 0 Å². The molecule has 0 aliphatic heterocycles. The molecule has 4 heteroatoms. The second kappa shape index (κ2) is 12.1. The minimum absolute atomic E-state index is 0.558. The summed E-state index contributed by atoms with van der Waals surface area (Å²) in [5, 5.41) is 2.95. The van der Waals surface area contributed by atoms with Crippen LogP contribution in [0.5, 0.6) is 0 Å². The molecule has 0 radical (unpaired) electrons. The SMILES string of the molecule is C#C/C=C\C=C(/C)c1ccc(-c2nc(-c3ccccc3)nc(-c3cc(Cl)cc(-c4cccc5ccccc45)c3)n2)cc1. The average molecular weight is 560 g/mol. The quantitative estimate of drug-likeness (QED) is 0.150. The third-order valence-electron chi connectivity index (χ3n) is 7.06. The average Bonchev–Trinajstić information content (AvgIpc) is 3.04. The molecular weight excluding hydrogens is 534 g/mol. The maximum absolute atomic E-state index is 6.71. The number of hydrogen-bond acceptors (Lipinski definition) is 3. The van der Waals surface area contributed by atoms with Crippen LogP contribution in [0, 0.1) is 12.3 Å². The van der Waals surface area contributed by atoms with E-state index in [-0.39, 0.29) is 0 Å². The Balaban J connectivity index is 1.47. The molecule has 0 saturated heterocycles. The van der Waals surface area contributed by atoms with Gasteiger partial charge in [-0.15, -0.1) is 6.42 Å². The largest absolute Gasteiger partial charge is 0.208 e. The Bertz CT molecular complexity index is 1990. The number of benzene rings is 5. The van der Waals surface area contributed by atoms with Gasteiger partial charge >= 0.3 is 0 Å². The fourth-order valence-electron chi connectivity index (χ4n) is 4.93. The minimum Gasteiger partial charge on any atom is -0.208 e. The molecule has 0 saturated carbocycles. The van der Waals surface area contributed by atoms with Crippen molar-refractivity contribution >= 4 is 27.9 Å². The number of allylic oxidation sites excluding steroid dienone is 4. The fraction of sp³-hybridized carbons (Fsp3) is 0.0263. The zero-order valence-electron chi connectivity index (χ0n) is 23.0. The summed E-state index contributed by atoms with van der Waals surface area (Å²) in [5.41, 5.74) is 6.93. The first kappa shape index (κ1) is 26.9. The van der Waals surface area contributed by atoms with Crippen LogP contribution in [0.2, 0.25) is 5.02 Å². The van der Waals surface area contributed by atoms with E-state index in [9.17, 15) is 0 Å². The summed E-state index contributed by atoms with van der Waals surface area (Å²) in [7, 11) is 0. The summed E-state index contributed by atoms with van der Waals surface area (Å²) in [6.07, 6.45) is 10.9. The highest BCUT2D eigenvalue weighted by Crippen LogP contribution is 2.34. The zero-order chi connectivity index (χ0) is 28.9. The van der Waals surface area contributed by atoms with E-state index in [0.29, 0.717) is 22.5 Å². The molecule has 1 heterocycles. The van der Waals surface area contributed by atoms with E-state index in [1.807, 2.05) is 72.8 Å². The second-order valence-corrected chi connectivity index (χ2v) is 10.3. The van der Waals surface area contributed by atoms with Crippen molar-refractivity contribution in [3.63, 3.8) is 0 Å². The van der Waals surface area contributed by atoms with Gasteiger partial charge in [0.1, 0.15) is 0 Å². The van der Waals surface area contributed by atoms with E-state index in [0.717, 1.165) is 44.3 Å². The number of nitrogens with zero attached hydrogens (tertiary/aromatic N) is 3. The number of hydrogen-bond donors (Lipinski definition) is 0. The molecule has 0 amide bonds. The summed E-state index contributed by atoms with van der Waals surface area (Å²) >= 11 is 6.71. The van der Waals surface area contributed by atoms with E-state index in [1.165, 1.54) is 5.39 Å². The van der Waals surface area contributed by atoms with E-state index in [4.69, 9.17) is 33.0 Å². The van der Waals surface area contributed by atoms with E-state index in [2.05, 4.69) is 67.4 Å². The summed E-state index contributed by atoms with van der Waals surface area (Å²) < 4.78 is 0. The Labute approximate surface area is 250 Å². The highest BCUT2D eigenvalue weighted by Gasteiger charge is 2.15. The molecule has 3 nitrogen and oxygen atoms in total. The van der Waals surface area contributed by atoms with Crippen molar-refractivity contribution in [2.75, 3.05) is 0 Å². The topological polar surface area (TPSA) is 38.7 Å². The highest BCUT2D eigenvalue weighted by molar-refractivity contribution is 6.31. The first-order valence-corrected chi connectivity index (χ1v) is 14.0. The Morgan fingerprint density at radius 3 is 2.02 bits per heavy atom. The van der Waals surface area contributed by atoms with Gasteiger partial charge in [0.25, 0.3) is 0 Å². The van der Waals surface area contributed by atoms with Gasteiger partial charge in [0.05, 0.1) is 0 Å². The third-order valence-corrected chi connectivity index (χ3v) is 7.28. The second-order valence-electron chi connectivity index (χ2n) is 9.88. The lowest BCUT2D eigenvalue weighted by Gasteiger charge is -2.12. The molecule has 5 aromatic carbocycles. The maximum atomic E-state index is 6.71. The molecule has 0 aliphatic carbocycles. The van der Waals surface area contributed by atoms with Gasteiger partial charge in [0.15, 0.2) is 17.5 Å². The van der Waals surface area contributed by atoms with Gasteiger partial charge in [0, 0.05) is 21.7 Å². The van der Waals surface area contributed by atoms with Gasteiger partial charge in [-0.25, -0.2) is 15.0 Å². The van der Waals surface area contributed by atoms with Gasteiger partial charge in [-0.3, -0.25) is 0 Å². The molecule has 0 spiro atoms. The van der Waals surface area contributed by atoms with E-state index < -0.39 is 0 Å². The zero-order valence-corrected chi connectivity index (χ0v) is 23.8. The lowest BCUT2D eigenvalue weighted by atomic mass is 9.97. The number of rotatable bonds is 6. The Kier molecular flexibility index (Phi) is 7.72. The molecule has 6 rings (SSSR count). The maximum Gasteiger partial charge on any atom is 0.164 e. The van der Waals surface area contributed by atoms with Crippen molar-refractivity contribution in [3.8, 4) is 57.6 Å². The van der Waals surface area contributed by atoms with Crippen LogP contribution >= 0.6 is 11.6 Å². The third kappa shape index (κ3) is 5.76. The molecule has 0 aliphatic rings. The van der Waals surface area contributed by atoms with Crippen molar-refractivity contribution < 1.29 is 0 Å². The Morgan fingerprint density at radius 2 is 1.29 bits per heavy atom. The van der Waals surface area contributed by atoms with Crippen LogP contribution in [0.15, 0.2) is 133 Å². The van der Waals surface area contributed by atoms with Crippen LogP contribution in [-0.2, 0) is 0 Å². The van der Waals surface area contributed by atoms with Gasteiger partial charge in [-0.2, -0.15) is 0 Å². The van der Waals surface area contributed by atoms with E-state index >= 15 is 0 Å². The lowest BCUT2D eigenvalue weighted by Crippen LogP contribution is -2.00. The fourth-order valence-corrected chi connectivity index (χ4v) is 5.16. The van der Waals surface area contributed by atoms with Crippen molar-refractivity contribution in [1.82, 2.24) is 15.0 Å². The molecule has 0 bridgehead atoms. The van der Waals surface area contributed by atoms with Gasteiger partial charge in [0.2, 0.25) is 0 Å².